The lowest BCUT2D eigenvalue weighted by atomic mass is 10.3. The summed E-state index contributed by atoms with van der Waals surface area (Å²) in [4.78, 5) is 15.1. The van der Waals surface area contributed by atoms with Gasteiger partial charge in [0.05, 0.1) is 18.8 Å². The number of para-hydroxylation sites is 1. The lowest BCUT2D eigenvalue weighted by molar-refractivity contribution is -0.117. The highest BCUT2D eigenvalue weighted by atomic mass is 32.2. The van der Waals surface area contributed by atoms with Gasteiger partial charge in [-0.25, -0.2) is 0 Å². The number of aliphatic hydroxyl groups is 1. The Hall–Kier alpha value is -1.04. The third-order valence-electron chi connectivity index (χ3n) is 2.99. The molecule has 0 spiro atoms. The van der Waals surface area contributed by atoms with E-state index in [1.807, 2.05) is 35.4 Å². The molecule has 0 fully saturated rings. The number of thioether (sulfide) groups is 1. The Labute approximate surface area is 125 Å². The Balaban J connectivity index is 2.56. The number of benzene rings is 1. The van der Waals surface area contributed by atoms with Gasteiger partial charge in [-0.1, -0.05) is 25.5 Å². The van der Waals surface area contributed by atoms with Gasteiger partial charge in [-0.3, -0.25) is 9.69 Å². The monoisotopic (exact) mass is 296 g/mol. The van der Waals surface area contributed by atoms with Crippen molar-refractivity contribution in [3.05, 3.63) is 24.3 Å². The zero-order valence-electron chi connectivity index (χ0n) is 12.3. The van der Waals surface area contributed by atoms with Gasteiger partial charge in [-0.05, 0) is 31.4 Å². The number of hydrogen-bond donors (Lipinski definition) is 2. The molecule has 112 valence electrons. The zero-order chi connectivity index (χ0) is 14.8. The summed E-state index contributed by atoms with van der Waals surface area (Å²) in [5, 5.41) is 12.0. The topological polar surface area (TPSA) is 52.6 Å². The molecular formula is C15H24N2O2S. The van der Waals surface area contributed by atoms with Crippen molar-refractivity contribution in [1.29, 1.82) is 0 Å². The average Bonchev–Trinajstić information content (AvgIpc) is 2.45. The van der Waals surface area contributed by atoms with Gasteiger partial charge in [-0.15, -0.1) is 11.8 Å². The molecule has 0 heterocycles. The van der Waals surface area contributed by atoms with Gasteiger partial charge in [0.1, 0.15) is 0 Å². The summed E-state index contributed by atoms with van der Waals surface area (Å²) in [6.07, 6.45) is 4.11. The fraction of sp³-hybridized carbons (Fsp3) is 0.533. The number of hydrogen-bond acceptors (Lipinski definition) is 4. The van der Waals surface area contributed by atoms with Gasteiger partial charge in [0.15, 0.2) is 0 Å². The van der Waals surface area contributed by atoms with Crippen LogP contribution in [0.4, 0.5) is 5.69 Å². The van der Waals surface area contributed by atoms with E-state index in [-0.39, 0.29) is 12.5 Å². The molecule has 0 saturated heterocycles. The second-order valence-corrected chi connectivity index (χ2v) is 5.45. The summed E-state index contributed by atoms with van der Waals surface area (Å²) < 4.78 is 0. The van der Waals surface area contributed by atoms with Crippen molar-refractivity contribution in [1.82, 2.24) is 4.90 Å². The van der Waals surface area contributed by atoms with Crippen LogP contribution in [0.25, 0.3) is 0 Å². The summed E-state index contributed by atoms with van der Waals surface area (Å²) >= 11 is 1.61. The van der Waals surface area contributed by atoms with E-state index in [9.17, 15) is 4.79 Å². The molecule has 20 heavy (non-hydrogen) atoms. The minimum atomic E-state index is -0.0314. The molecule has 1 aromatic rings. The first-order valence-corrected chi connectivity index (χ1v) is 8.19. The lowest BCUT2D eigenvalue weighted by Crippen LogP contribution is -2.36. The molecule has 0 aliphatic carbocycles. The summed E-state index contributed by atoms with van der Waals surface area (Å²) in [6, 6.07) is 7.77. The Bertz CT molecular complexity index is 413. The van der Waals surface area contributed by atoms with Gasteiger partial charge in [0, 0.05) is 11.4 Å². The smallest absolute Gasteiger partial charge is 0.238 e. The summed E-state index contributed by atoms with van der Waals surface area (Å²) in [6.45, 7) is 3.90. The Kier molecular flexibility index (Phi) is 8.34. The fourth-order valence-corrected chi connectivity index (χ4v) is 2.49. The summed E-state index contributed by atoms with van der Waals surface area (Å²) in [5.41, 5.74) is 0.851. The standard InChI is InChI=1S/C15H24N2O2S/c1-3-4-9-17(10-11-18)12-15(19)16-13-7-5-6-8-14(13)20-2/h5-8,18H,3-4,9-12H2,1-2H3,(H,16,19). The van der Waals surface area contributed by atoms with Gasteiger partial charge in [0.2, 0.25) is 5.91 Å². The Morgan fingerprint density at radius 3 is 2.75 bits per heavy atom. The van der Waals surface area contributed by atoms with E-state index in [0.29, 0.717) is 13.1 Å². The number of carbonyl (C=O) groups is 1. The van der Waals surface area contributed by atoms with Crippen LogP contribution < -0.4 is 5.32 Å². The number of carbonyl (C=O) groups excluding carboxylic acids is 1. The third-order valence-corrected chi connectivity index (χ3v) is 3.79. The van der Waals surface area contributed by atoms with E-state index >= 15 is 0 Å². The van der Waals surface area contributed by atoms with Crippen LogP contribution in [0.2, 0.25) is 0 Å². The largest absolute Gasteiger partial charge is 0.395 e. The van der Waals surface area contributed by atoms with Crippen molar-refractivity contribution < 1.29 is 9.90 Å². The van der Waals surface area contributed by atoms with Crippen LogP contribution >= 0.6 is 11.8 Å². The fourth-order valence-electron chi connectivity index (χ4n) is 1.93. The number of nitrogens with zero attached hydrogens (tertiary/aromatic N) is 1. The first-order valence-electron chi connectivity index (χ1n) is 6.97. The van der Waals surface area contributed by atoms with Crippen molar-refractivity contribution >= 4 is 23.4 Å². The number of nitrogens with one attached hydrogen (secondary N) is 1. The molecule has 0 aromatic heterocycles. The van der Waals surface area contributed by atoms with Gasteiger partial charge >= 0.3 is 0 Å². The number of unbranched alkanes of at least 4 members (excludes halogenated alkanes) is 1. The molecule has 2 N–H and O–H groups in total. The van der Waals surface area contributed by atoms with Crippen LogP contribution in [0.3, 0.4) is 0 Å². The molecule has 1 aromatic carbocycles. The second kappa shape index (κ2) is 9.80. The quantitative estimate of drug-likeness (QED) is 0.687. The van der Waals surface area contributed by atoms with E-state index in [2.05, 4.69) is 12.2 Å². The normalized spacial score (nSPS) is 10.8. The molecule has 1 amide bonds. The number of aliphatic hydroxyl groups excluding tert-OH is 1. The van der Waals surface area contributed by atoms with Gasteiger partial charge < -0.3 is 10.4 Å². The molecule has 0 unspecified atom stereocenters. The summed E-state index contributed by atoms with van der Waals surface area (Å²) in [5.74, 6) is -0.0314. The highest BCUT2D eigenvalue weighted by Crippen LogP contribution is 2.24. The zero-order valence-corrected chi connectivity index (χ0v) is 13.1. The van der Waals surface area contributed by atoms with E-state index < -0.39 is 0 Å². The van der Waals surface area contributed by atoms with Crippen LogP contribution in [0, 0.1) is 0 Å². The lowest BCUT2D eigenvalue weighted by Gasteiger charge is -2.20. The molecular weight excluding hydrogens is 272 g/mol. The van der Waals surface area contributed by atoms with Gasteiger partial charge in [0.25, 0.3) is 0 Å². The molecule has 0 atom stereocenters. The molecule has 4 nitrogen and oxygen atoms in total. The SMILES string of the molecule is CCCCN(CCO)CC(=O)Nc1ccccc1SC. The maximum atomic E-state index is 12.1. The third kappa shape index (κ3) is 5.94. The molecule has 0 aliphatic heterocycles. The van der Waals surface area contributed by atoms with Crippen molar-refractivity contribution in [3.8, 4) is 0 Å². The van der Waals surface area contributed by atoms with Crippen molar-refractivity contribution in [2.24, 2.45) is 0 Å². The summed E-state index contributed by atoms with van der Waals surface area (Å²) in [7, 11) is 0. The molecule has 0 aliphatic rings. The van der Waals surface area contributed by atoms with Crippen LogP contribution in [0.15, 0.2) is 29.2 Å². The molecule has 0 bridgehead atoms. The predicted octanol–water partition coefficient (Wildman–Crippen LogP) is 2.44. The number of rotatable bonds is 9. The number of anilines is 1. The van der Waals surface area contributed by atoms with Crippen LogP contribution in [0.1, 0.15) is 19.8 Å². The molecule has 1 rings (SSSR count). The van der Waals surface area contributed by atoms with Crippen LogP contribution in [0.5, 0.6) is 0 Å². The molecule has 0 radical (unpaired) electrons. The maximum Gasteiger partial charge on any atom is 0.238 e. The average molecular weight is 296 g/mol. The van der Waals surface area contributed by atoms with Crippen molar-refractivity contribution in [2.75, 3.05) is 37.8 Å². The maximum absolute atomic E-state index is 12.1. The van der Waals surface area contributed by atoms with Crippen LogP contribution in [-0.2, 0) is 4.79 Å². The van der Waals surface area contributed by atoms with Crippen LogP contribution in [-0.4, -0.2) is 48.4 Å². The van der Waals surface area contributed by atoms with Crippen molar-refractivity contribution in [3.63, 3.8) is 0 Å². The highest BCUT2D eigenvalue weighted by Gasteiger charge is 2.11. The first kappa shape index (κ1) is 17.0. The minimum Gasteiger partial charge on any atom is -0.395 e. The Morgan fingerprint density at radius 1 is 1.35 bits per heavy atom. The molecule has 0 saturated carbocycles. The first-order chi connectivity index (χ1) is 9.71. The van der Waals surface area contributed by atoms with E-state index in [4.69, 9.17) is 5.11 Å². The second-order valence-electron chi connectivity index (χ2n) is 4.60. The van der Waals surface area contributed by atoms with E-state index in [1.165, 1.54) is 0 Å². The van der Waals surface area contributed by atoms with E-state index in [1.54, 1.807) is 11.8 Å². The van der Waals surface area contributed by atoms with E-state index in [0.717, 1.165) is 30.0 Å². The van der Waals surface area contributed by atoms with Crippen molar-refractivity contribution in [2.45, 2.75) is 24.7 Å². The molecule has 5 heteroatoms. The number of amides is 1. The predicted molar refractivity (Wildman–Crippen MR) is 85.3 cm³/mol. The minimum absolute atomic E-state index is 0.0314. The Morgan fingerprint density at radius 2 is 2.10 bits per heavy atom. The van der Waals surface area contributed by atoms with Gasteiger partial charge in [-0.2, -0.15) is 0 Å². The highest BCUT2D eigenvalue weighted by molar-refractivity contribution is 7.98.